The number of hydrogen-bond acceptors (Lipinski definition) is 5. The molecule has 2 N–H and O–H groups in total. The van der Waals surface area contributed by atoms with Crippen LogP contribution >= 0.6 is 11.3 Å². The minimum absolute atomic E-state index is 0.0234. The Morgan fingerprint density at radius 2 is 2.21 bits per heavy atom. The van der Waals surface area contributed by atoms with Crippen LogP contribution < -0.4 is 4.72 Å². The molecule has 1 aromatic rings. The maximum absolute atomic E-state index is 12.2. The van der Waals surface area contributed by atoms with Crippen molar-refractivity contribution in [3.63, 3.8) is 0 Å². The van der Waals surface area contributed by atoms with Gasteiger partial charge in [-0.1, -0.05) is 13.3 Å². The van der Waals surface area contributed by atoms with Gasteiger partial charge < -0.3 is 9.84 Å². The van der Waals surface area contributed by atoms with Gasteiger partial charge in [-0.15, -0.1) is 11.3 Å². The lowest BCUT2D eigenvalue weighted by molar-refractivity contribution is 0.171. The average molecular weight is 307 g/mol. The number of ether oxygens (including phenoxy) is 1. The fourth-order valence-electron chi connectivity index (χ4n) is 1.75. The number of hydrogen-bond donors (Lipinski definition) is 2. The fourth-order valence-corrected chi connectivity index (χ4v) is 4.37. The van der Waals surface area contributed by atoms with E-state index in [-0.39, 0.29) is 16.9 Å². The average Bonchev–Trinajstić information content (AvgIpc) is 2.79. The van der Waals surface area contributed by atoms with Crippen molar-refractivity contribution in [2.24, 2.45) is 0 Å². The lowest BCUT2D eigenvalue weighted by Gasteiger charge is -2.16. The van der Waals surface area contributed by atoms with Gasteiger partial charge in [0, 0.05) is 31.1 Å². The molecule has 0 radical (unpaired) electrons. The lowest BCUT2D eigenvalue weighted by Crippen LogP contribution is -2.37. The Morgan fingerprint density at radius 3 is 2.79 bits per heavy atom. The molecule has 0 aromatic carbocycles. The summed E-state index contributed by atoms with van der Waals surface area (Å²) in [5.41, 5.74) is 0. The van der Waals surface area contributed by atoms with Crippen LogP contribution in [0, 0.1) is 0 Å². The van der Waals surface area contributed by atoms with Crippen molar-refractivity contribution in [3.05, 3.63) is 17.0 Å². The lowest BCUT2D eigenvalue weighted by atomic mass is 10.2. The van der Waals surface area contributed by atoms with Gasteiger partial charge in [0.15, 0.2) is 0 Å². The summed E-state index contributed by atoms with van der Waals surface area (Å²) in [5.74, 6) is 0. The van der Waals surface area contributed by atoms with Crippen LogP contribution in [0.4, 0.5) is 0 Å². The van der Waals surface area contributed by atoms with E-state index in [1.165, 1.54) is 11.3 Å². The zero-order chi connectivity index (χ0) is 14.3. The van der Waals surface area contributed by atoms with E-state index in [1.807, 2.05) is 6.92 Å². The quantitative estimate of drug-likeness (QED) is 0.722. The van der Waals surface area contributed by atoms with Crippen LogP contribution in [0.3, 0.4) is 0 Å². The molecule has 110 valence electrons. The largest absolute Gasteiger partial charge is 0.396 e. The van der Waals surface area contributed by atoms with Crippen LogP contribution in [0.5, 0.6) is 0 Å². The van der Waals surface area contributed by atoms with Crippen LogP contribution in [0.1, 0.15) is 24.6 Å². The van der Waals surface area contributed by atoms with E-state index < -0.39 is 10.0 Å². The molecule has 0 bridgehead atoms. The van der Waals surface area contributed by atoms with E-state index in [9.17, 15) is 8.42 Å². The molecule has 0 saturated heterocycles. The van der Waals surface area contributed by atoms with Gasteiger partial charge >= 0.3 is 0 Å². The van der Waals surface area contributed by atoms with Crippen LogP contribution in [0.2, 0.25) is 0 Å². The zero-order valence-electron chi connectivity index (χ0n) is 11.3. The molecule has 1 aromatic heterocycles. The third-order valence-electron chi connectivity index (χ3n) is 2.59. The summed E-state index contributed by atoms with van der Waals surface area (Å²) in [4.78, 5) is 0.863. The smallest absolute Gasteiger partial charge is 0.250 e. The van der Waals surface area contributed by atoms with Crippen LogP contribution in [-0.4, -0.2) is 39.9 Å². The number of rotatable bonds is 9. The topological polar surface area (TPSA) is 75.6 Å². The predicted octanol–water partition coefficient (Wildman–Crippen LogP) is 1.38. The van der Waals surface area contributed by atoms with Crippen molar-refractivity contribution in [1.29, 1.82) is 0 Å². The summed E-state index contributed by atoms with van der Waals surface area (Å²) in [7, 11) is -1.94. The first kappa shape index (κ1) is 16.6. The maximum atomic E-state index is 12.2. The molecular weight excluding hydrogens is 286 g/mol. The number of aliphatic hydroxyl groups excluding tert-OH is 1. The molecule has 0 saturated carbocycles. The number of thiophene rings is 1. The van der Waals surface area contributed by atoms with Gasteiger partial charge in [0.1, 0.15) is 4.21 Å². The van der Waals surface area contributed by atoms with Gasteiger partial charge in [0.25, 0.3) is 0 Å². The second kappa shape index (κ2) is 7.96. The Hall–Kier alpha value is -0.470. The standard InChI is InChI=1S/C12H21NO4S2/c1-3-4-10(9-17-2)13-19(15,16)12-6-5-11(18-12)7-8-14/h5-6,10,13-14H,3-4,7-9H2,1-2H3. The first-order chi connectivity index (χ1) is 9.03. The third kappa shape index (κ3) is 5.19. The van der Waals surface area contributed by atoms with Crippen LogP contribution in [0.25, 0.3) is 0 Å². The summed E-state index contributed by atoms with van der Waals surface area (Å²) >= 11 is 1.19. The molecule has 0 fully saturated rings. The number of nitrogens with one attached hydrogen (secondary N) is 1. The van der Waals surface area contributed by atoms with Gasteiger partial charge in [-0.05, 0) is 18.6 Å². The first-order valence-corrected chi connectivity index (χ1v) is 8.54. The minimum atomic E-state index is -3.49. The Morgan fingerprint density at radius 1 is 1.47 bits per heavy atom. The van der Waals surface area contributed by atoms with E-state index in [2.05, 4.69) is 4.72 Å². The molecule has 1 heterocycles. The molecule has 7 heteroatoms. The molecule has 1 unspecified atom stereocenters. The second-order valence-electron chi connectivity index (χ2n) is 4.26. The van der Waals surface area contributed by atoms with Gasteiger partial charge in [0.05, 0.1) is 6.61 Å². The van der Waals surface area contributed by atoms with Crippen LogP contribution in [-0.2, 0) is 21.2 Å². The van der Waals surface area contributed by atoms with E-state index in [1.54, 1.807) is 19.2 Å². The van der Waals surface area contributed by atoms with Gasteiger partial charge in [-0.3, -0.25) is 0 Å². The second-order valence-corrected chi connectivity index (χ2v) is 7.37. The van der Waals surface area contributed by atoms with Gasteiger partial charge in [0.2, 0.25) is 10.0 Å². The number of methoxy groups -OCH3 is 1. The number of sulfonamides is 1. The van der Waals surface area contributed by atoms with Gasteiger partial charge in [-0.2, -0.15) is 0 Å². The predicted molar refractivity (Wildman–Crippen MR) is 76.0 cm³/mol. The highest BCUT2D eigenvalue weighted by Crippen LogP contribution is 2.22. The summed E-state index contributed by atoms with van der Waals surface area (Å²) in [6, 6.07) is 3.11. The van der Waals surface area contributed by atoms with E-state index in [0.717, 1.165) is 17.7 Å². The molecule has 5 nitrogen and oxygen atoms in total. The Balaban J connectivity index is 2.77. The van der Waals surface area contributed by atoms with Crippen molar-refractivity contribution in [2.75, 3.05) is 20.3 Å². The molecule has 0 aliphatic carbocycles. The Kier molecular flexibility index (Phi) is 6.95. The SMILES string of the molecule is CCCC(COC)NS(=O)(=O)c1ccc(CCO)s1. The minimum Gasteiger partial charge on any atom is -0.396 e. The molecule has 1 rings (SSSR count). The molecule has 0 aliphatic heterocycles. The van der Waals surface area contributed by atoms with Crippen molar-refractivity contribution < 1.29 is 18.3 Å². The van der Waals surface area contributed by atoms with Gasteiger partial charge in [-0.25, -0.2) is 13.1 Å². The molecule has 19 heavy (non-hydrogen) atoms. The Bertz CT molecular complexity index is 464. The summed E-state index contributed by atoms with van der Waals surface area (Å²) in [5, 5.41) is 8.84. The highest BCUT2D eigenvalue weighted by Gasteiger charge is 2.21. The summed E-state index contributed by atoms with van der Waals surface area (Å²) < 4.78 is 32.4. The van der Waals surface area contributed by atoms with E-state index >= 15 is 0 Å². The summed E-state index contributed by atoms with van der Waals surface area (Å²) in [6.07, 6.45) is 2.11. The van der Waals surface area contributed by atoms with Crippen molar-refractivity contribution in [2.45, 2.75) is 36.4 Å². The first-order valence-electron chi connectivity index (χ1n) is 6.24. The normalized spacial score (nSPS) is 13.6. The molecule has 0 amide bonds. The molecular formula is C12H21NO4S2. The van der Waals surface area contributed by atoms with Crippen molar-refractivity contribution in [1.82, 2.24) is 4.72 Å². The van der Waals surface area contributed by atoms with Crippen molar-refractivity contribution in [3.8, 4) is 0 Å². The highest BCUT2D eigenvalue weighted by molar-refractivity contribution is 7.91. The maximum Gasteiger partial charge on any atom is 0.250 e. The highest BCUT2D eigenvalue weighted by atomic mass is 32.2. The number of aliphatic hydroxyl groups is 1. The molecule has 1 atom stereocenters. The van der Waals surface area contributed by atoms with E-state index in [4.69, 9.17) is 9.84 Å². The fraction of sp³-hybridized carbons (Fsp3) is 0.667. The zero-order valence-corrected chi connectivity index (χ0v) is 12.9. The molecule has 0 aliphatic rings. The summed E-state index contributed by atoms with van der Waals surface area (Å²) in [6.45, 7) is 2.39. The van der Waals surface area contributed by atoms with E-state index in [0.29, 0.717) is 13.0 Å². The van der Waals surface area contributed by atoms with Crippen LogP contribution in [0.15, 0.2) is 16.3 Å². The Labute approximate surface area is 118 Å². The monoisotopic (exact) mass is 307 g/mol. The third-order valence-corrected chi connectivity index (χ3v) is 5.74. The van der Waals surface area contributed by atoms with Crippen molar-refractivity contribution >= 4 is 21.4 Å². The molecule has 0 spiro atoms.